The minimum atomic E-state index is -1.18. The number of aliphatic carboxylic acids is 1. The lowest BCUT2D eigenvalue weighted by atomic mass is 10.1. The Bertz CT molecular complexity index is 491. The number of carboxylic acid groups (broad SMARTS) is 2. The first-order chi connectivity index (χ1) is 7.82. The van der Waals surface area contributed by atoms with Crippen LogP contribution in [0.1, 0.15) is 27.7 Å². The Kier molecular flexibility index (Phi) is 3.84. The molecular formula is C10H11NO5S. The van der Waals surface area contributed by atoms with E-state index in [1.807, 2.05) is 0 Å². The van der Waals surface area contributed by atoms with Crippen molar-refractivity contribution in [3.05, 3.63) is 16.0 Å². The fourth-order valence-electron chi connectivity index (χ4n) is 1.37. The summed E-state index contributed by atoms with van der Waals surface area (Å²) in [4.78, 5) is 33.0. The van der Waals surface area contributed by atoms with Crippen molar-refractivity contribution in [2.24, 2.45) is 0 Å². The number of thiophene rings is 1. The average molecular weight is 257 g/mol. The third-order valence-electron chi connectivity index (χ3n) is 2.06. The molecule has 17 heavy (non-hydrogen) atoms. The molecule has 0 aliphatic rings. The summed E-state index contributed by atoms with van der Waals surface area (Å²) in [5.41, 5.74) is 0.343. The molecular weight excluding hydrogens is 246 g/mol. The minimum absolute atomic E-state index is 0.0403. The number of hydrogen-bond acceptors (Lipinski definition) is 4. The highest BCUT2D eigenvalue weighted by Crippen LogP contribution is 2.33. The van der Waals surface area contributed by atoms with Crippen LogP contribution in [-0.2, 0) is 16.0 Å². The Balaban J connectivity index is 3.24. The van der Waals surface area contributed by atoms with Gasteiger partial charge in [-0.15, -0.1) is 11.3 Å². The highest BCUT2D eigenvalue weighted by molar-refractivity contribution is 7.17. The highest BCUT2D eigenvalue weighted by atomic mass is 32.1. The van der Waals surface area contributed by atoms with E-state index < -0.39 is 17.8 Å². The molecule has 1 aromatic heterocycles. The van der Waals surface area contributed by atoms with Crippen LogP contribution in [-0.4, -0.2) is 28.1 Å². The van der Waals surface area contributed by atoms with Crippen molar-refractivity contribution < 1.29 is 24.6 Å². The largest absolute Gasteiger partial charge is 0.481 e. The molecule has 6 nitrogen and oxygen atoms in total. The normalized spacial score (nSPS) is 10.0. The second-order valence-electron chi connectivity index (χ2n) is 3.41. The van der Waals surface area contributed by atoms with Crippen LogP contribution >= 0.6 is 11.3 Å². The van der Waals surface area contributed by atoms with Crippen molar-refractivity contribution >= 4 is 34.2 Å². The van der Waals surface area contributed by atoms with Gasteiger partial charge in [0.2, 0.25) is 5.91 Å². The Labute approximate surface area is 101 Å². The lowest BCUT2D eigenvalue weighted by Crippen LogP contribution is -2.09. The topological polar surface area (TPSA) is 104 Å². The Morgan fingerprint density at radius 3 is 2.29 bits per heavy atom. The van der Waals surface area contributed by atoms with E-state index in [1.54, 1.807) is 0 Å². The van der Waals surface area contributed by atoms with Crippen LogP contribution in [0.2, 0.25) is 0 Å². The summed E-state index contributed by atoms with van der Waals surface area (Å²) in [5, 5.41) is 20.3. The van der Waals surface area contributed by atoms with Crippen molar-refractivity contribution in [3.8, 4) is 0 Å². The molecule has 0 bridgehead atoms. The summed E-state index contributed by atoms with van der Waals surface area (Å²) < 4.78 is 0. The molecule has 0 atom stereocenters. The van der Waals surface area contributed by atoms with Gasteiger partial charge in [-0.2, -0.15) is 0 Å². The molecule has 1 rings (SSSR count). The number of carboxylic acids is 2. The molecule has 0 fully saturated rings. The van der Waals surface area contributed by atoms with Gasteiger partial charge in [-0.25, -0.2) is 4.79 Å². The van der Waals surface area contributed by atoms with Crippen LogP contribution in [0.25, 0.3) is 0 Å². The zero-order valence-corrected chi connectivity index (χ0v) is 10.1. The van der Waals surface area contributed by atoms with Gasteiger partial charge in [0.05, 0.1) is 12.0 Å². The van der Waals surface area contributed by atoms with Crippen LogP contribution in [0.4, 0.5) is 5.00 Å². The lowest BCUT2D eigenvalue weighted by Gasteiger charge is -2.00. The standard InChI is InChI=1S/C10H11NO5S/c1-4-6(3-7(13)14)17-9(11-5(2)12)8(4)10(15)16/h3H2,1-2H3,(H,11,12)(H,13,14)(H,15,16). The number of carbonyl (C=O) groups excluding carboxylic acids is 1. The van der Waals surface area contributed by atoms with E-state index in [4.69, 9.17) is 10.2 Å². The summed E-state index contributed by atoms with van der Waals surface area (Å²) in [7, 11) is 0. The molecule has 0 aromatic carbocycles. The van der Waals surface area contributed by atoms with Crippen LogP contribution in [0.3, 0.4) is 0 Å². The molecule has 0 spiro atoms. The maximum absolute atomic E-state index is 11.0. The van der Waals surface area contributed by atoms with Gasteiger partial charge in [-0.05, 0) is 12.5 Å². The first-order valence-corrected chi connectivity index (χ1v) is 5.49. The molecule has 3 N–H and O–H groups in total. The van der Waals surface area contributed by atoms with Gasteiger partial charge in [0.15, 0.2) is 0 Å². The predicted octanol–water partition coefficient (Wildman–Crippen LogP) is 1.34. The SMILES string of the molecule is CC(=O)Nc1sc(CC(=O)O)c(C)c1C(=O)O. The number of anilines is 1. The smallest absolute Gasteiger partial charge is 0.338 e. The molecule has 0 aliphatic carbocycles. The van der Waals surface area contributed by atoms with Crippen LogP contribution in [0.5, 0.6) is 0 Å². The second-order valence-corrected chi connectivity index (χ2v) is 4.52. The third-order valence-corrected chi connectivity index (χ3v) is 3.27. The minimum Gasteiger partial charge on any atom is -0.481 e. The number of amides is 1. The summed E-state index contributed by atoms with van der Waals surface area (Å²) >= 11 is 0.977. The summed E-state index contributed by atoms with van der Waals surface area (Å²) in [6.45, 7) is 2.79. The zero-order chi connectivity index (χ0) is 13.2. The van der Waals surface area contributed by atoms with Gasteiger partial charge < -0.3 is 15.5 Å². The van der Waals surface area contributed by atoms with Crippen LogP contribution in [0.15, 0.2) is 0 Å². The van der Waals surface area contributed by atoms with Gasteiger partial charge in [0.25, 0.3) is 0 Å². The van der Waals surface area contributed by atoms with Gasteiger partial charge in [-0.1, -0.05) is 0 Å². The van der Waals surface area contributed by atoms with Crippen molar-refractivity contribution in [2.75, 3.05) is 5.32 Å². The van der Waals surface area contributed by atoms with Gasteiger partial charge >= 0.3 is 11.9 Å². The number of hydrogen-bond donors (Lipinski definition) is 3. The fourth-order valence-corrected chi connectivity index (χ4v) is 2.61. The van der Waals surface area contributed by atoms with E-state index in [2.05, 4.69) is 5.32 Å². The highest BCUT2D eigenvalue weighted by Gasteiger charge is 2.22. The van der Waals surface area contributed by atoms with E-state index in [9.17, 15) is 14.4 Å². The van der Waals surface area contributed by atoms with Gasteiger partial charge in [0, 0.05) is 11.8 Å². The van der Waals surface area contributed by atoms with E-state index in [-0.39, 0.29) is 17.0 Å². The first kappa shape index (κ1) is 13.2. The van der Waals surface area contributed by atoms with E-state index in [0.717, 1.165) is 11.3 Å². The predicted molar refractivity (Wildman–Crippen MR) is 61.7 cm³/mol. The van der Waals surface area contributed by atoms with E-state index >= 15 is 0 Å². The van der Waals surface area contributed by atoms with Crippen molar-refractivity contribution in [1.29, 1.82) is 0 Å². The Hall–Kier alpha value is -1.89. The molecule has 0 saturated carbocycles. The van der Waals surface area contributed by atoms with Crippen molar-refractivity contribution in [1.82, 2.24) is 0 Å². The Morgan fingerprint density at radius 2 is 1.88 bits per heavy atom. The van der Waals surface area contributed by atoms with Crippen molar-refractivity contribution in [2.45, 2.75) is 20.3 Å². The maximum atomic E-state index is 11.0. The number of rotatable bonds is 4. The second kappa shape index (κ2) is 4.96. The van der Waals surface area contributed by atoms with Gasteiger partial charge in [0.1, 0.15) is 5.00 Å². The lowest BCUT2D eigenvalue weighted by molar-refractivity contribution is -0.136. The zero-order valence-electron chi connectivity index (χ0n) is 9.23. The molecule has 1 heterocycles. The molecule has 0 radical (unpaired) electrons. The molecule has 1 aromatic rings. The van der Waals surface area contributed by atoms with E-state index in [0.29, 0.717) is 10.4 Å². The first-order valence-electron chi connectivity index (χ1n) is 4.67. The summed E-state index contributed by atoms with van der Waals surface area (Å²) in [6, 6.07) is 0. The fraction of sp³-hybridized carbons (Fsp3) is 0.300. The maximum Gasteiger partial charge on any atom is 0.338 e. The summed E-state index contributed by atoms with van der Waals surface area (Å²) in [6.07, 6.45) is -0.254. The number of aromatic carboxylic acids is 1. The van der Waals surface area contributed by atoms with E-state index in [1.165, 1.54) is 13.8 Å². The molecule has 0 aliphatic heterocycles. The molecule has 1 amide bonds. The number of nitrogens with one attached hydrogen (secondary N) is 1. The van der Waals surface area contributed by atoms with Crippen molar-refractivity contribution in [3.63, 3.8) is 0 Å². The number of carbonyl (C=O) groups is 3. The Morgan fingerprint density at radius 1 is 1.29 bits per heavy atom. The molecule has 7 heteroatoms. The van der Waals surface area contributed by atoms with Gasteiger partial charge in [-0.3, -0.25) is 9.59 Å². The van der Waals surface area contributed by atoms with Crippen LogP contribution in [0, 0.1) is 6.92 Å². The monoisotopic (exact) mass is 257 g/mol. The third kappa shape index (κ3) is 3.04. The average Bonchev–Trinajstić information content (AvgIpc) is 2.40. The molecule has 0 saturated heterocycles. The van der Waals surface area contributed by atoms with Crippen LogP contribution < -0.4 is 5.32 Å². The quantitative estimate of drug-likeness (QED) is 0.755. The molecule has 92 valence electrons. The molecule has 0 unspecified atom stereocenters. The summed E-state index contributed by atoms with van der Waals surface area (Å²) in [5.74, 6) is -2.62.